The highest BCUT2D eigenvalue weighted by molar-refractivity contribution is 6.30. The molecule has 0 bridgehead atoms. The minimum absolute atomic E-state index is 0.360. The van der Waals surface area contributed by atoms with Crippen molar-refractivity contribution in [1.82, 2.24) is 5.32 Å². The van der Waals surface area contributed by atoms with E-state index in [9.17, 15) is 0 Å². The van der Waals surface area contributed by atoms with Gasteiger partial charge in [-0.1, -0.05) is 30.9 Å². The molecule has 3 heteroatoms. The predicted molar refractivity (Wildman–Crippen MR) is 83.6 cm³/mol. The molecule has 1 aromatic carbocycles. The average molecular weight is 294 g/mol. The van der Waals surface area contributed by atoms with E-state index in [1.165, 1.54) is 32.1 Å². The second-order valence-corrected chi connectivity index (χ2v) is 6.82. The second-order valence-electron chi connectivity index (χ2n) is 6.39. The lowest BCUT2D eigenvalue weighted by atomic mass is 9.55. The van der Waals surface area contributed by atoms with Gasteiger partial charge in [0.2, 0.25) is 0 Å². The van der Waals surface area contributed by atoms with Crippen LogP contribution < -0.4 is 10.1 Å². The van der Waals surface area contributed by atoms with Crippen LogP contribution in [0.25, 0.3) is 0 Å². The zero-order valence-electron chi connectivity index (χ0n) is 12.4. The van der Waals surface area contributed by atoms with E-state index in [0.717, 1.165) is 22.8 Å². The van der Waals surface area contributed by atoms with Gasteiger partial charge in [0.15, 0.2) is 0 Å². The Morgan fingerprint density at radius 2 is 2.00 bits per heavy atom. The maximum atomic E-state index is 6.36. The highest BCUT2D eigenvalue weighted by atomic mass is 35.5. The molecule has 0 saturated heterocycles. The van der Waals surface area contributed by atoms with Gasteiger partial charge in [-0.3, -0.25) is 0 Å². The fraction of sp³-hybridized carbons (Fsp3) is 0.647. The van der Waals surface area contributed by atoms with Crippen LogP contribution in [0.5, 0.6) is 5.75 Å². The summed E-state index contributed by atoms with van der Waals surface area (Å²) in [5.41, 5.74) is 1.50. The molecule has 2 aliphatic carbocycles. The van der Waals surface area contributed by atoms with Crippen molar-refractivity contribution in [1.29, 1.82) is 0 Å². The number of ether oxygens (including phenoxy) is 1. The zero-order valence-corrected chi connectivity index (χ0v) is 13.2. The van der Waals surface area contributed by atoms with Crippen molar-refractivity contribution in [2.75, 3.05) is 7.05 Å². The quantitative estimate of drug-likeness (QED) is 0.895. The fourth-order valence-corrected chi connectivity index (χ4v) is 4.32. The molecule has 3 rings (SSSR count). The normalized spacial score (nSPS) is 28.1. The smallest absolute Gasteiger partial charge is 0.122 e. The standard InChI is InChI=1S/C17H24ClNO/c1-12-10-13(18)6-7-14(12)20-16-11-15(19-2)17(16)8-4-3-5-9-17/h6-7,10,15-16,19H,3-5,8-9,11H2,1-2H3. The summed E-state index contributed by atoms with van der Waals surface area (Å²) in [5, 5.41) is 4.28. The van der Waals surface area contributed by atoms with Gasteiger partial charge in [0.25, 0.3) is 0 Å². The topological polar surface area (TPSA) is 21.3 Å². The third-order valence-corrected chi connectivity index (χ3v) is 5.56. The van der Waals surface area contributed by atoms with E-state index in [4.69, 9.17) is 16.3 Å². The summed E-state index contributed by atoms with van der Waals surface area (Å²) in [4.78, 5) is 0. The van der Waals surface area contributed by atoms with Gasteiger partial charge >= 0.3 is 0 Å². The summed E-state index contributed by atoms with van der Waals surface area (Å²) >= 11 is 6.02. The second kappa shape index (κ2) is 5.57. The first kappa shape index (κ1) is 14.2. The van der Waals surface area contributed by atoms with Crippen LogP contribution in [0, 0.1) is 12.3 Å². The van der Waals surface area contributed by atoms with Crippen LogP contribution in [0.15, 0.2) is 18.2 Å². The van der Waals surface area contributed by atoms with Crippen LogP contribution in [-0.4, -0.2) is 19.2 Å². The molecule has 0 aliphatic heterocycles. The highest BCUT2D eigenvalue weighted by Gasteiger charge is 2.55. The number of aryl methyl sites for hydroxylation is 1. The first-order chi connectivity index (χ1) is 9.65. The minimum atomic E-state index is 0.360. The Bertz CT molecular complexity index is 482. The number of benzene rings is 1. The van der Waals surface area contributed by atoms with E-state index in [1.807, 2.05) is 18.2 Å². The van der Waals surface area contributed by atoms with Crippen LogP contribution >= 0.6 is 11.6 Å². The summed E-state index contributed by atoms with van der Waals surface area (Å²) in [7, 11) is 2.09. The van der Waals surface area contributed by atoms with Gasteiger partial charge in [-0.2, -0.15) is 0 Å². The lowest BCUT2D eigenvalue weighted by Crippen LogP contribution is -2.64. The van der Waals surface area contributed by atoms with Crippen molar-refractivity contribution in [3.05, 3.63) is 28.8 Å². The number of nitrogens with one attached hydrogen (secondary N) is 1. The van der Waals surface area contributed by atoms with Gasteiger partial charge in [0.1, 0.15) is 11.9 Å². The molecule has 110 valence electrons. The van der Waals surface area contributed by atoms with Crippen molar-refractivity contribution >= 4 is 11.6 Å². The van der Waals surface area contributed by atoms with E-state index in [2.05, 4.69) is 19.3 Å². The van der Waals surface area contributed by atoms with Crippen LogP contribution in [0.3, 0.4) is 0 Å². The molecule has 0 aromatic heterocycles. The first-order valence-electron chi connectivity index (χ1n) is 7.76. The van der Waals surface area contributed by atoms with E-state index in [1.54, 1.807) is 0 Å². The fourth-order valence-electron chi connectivity index (χ4n) is 4.10. The molecule has 0 heterocycles. The SMILES string of the molecule is CNC1CC(Oc2ccc(Cl)cc2C)C12CCCCC2. The third-order valence-electron chi connectivity index (χ3n) is 5.32. The van der Waals surface area contributed by atoms with E-state index < -0.39 is 0 Å². The Hall–Kier alpha value is -0.730. The Morgan fingerprint density at radius 1 is 1.25 bits per heavy atom. The number of rotatable bonds is 3. The summed E-state index contributed by atoms with van der Waals surface area (Å²) < 4.78 is 6.36. The molecule has 2 fully saturated rings. The lowest BCUT2D eigenvalue weighted by Gasteiger charge is -2.57. The summed E-state index contributed by atoms with van der Waals surface area (Å²) in [6.07, 6.45) is 8.16. The molecule has 2 aliphatic rings. The van der Waals surface area contributed by atoms with Crippen molar-refractivity contribution in [3.63, 3.8) is 0 Å². The molecule has 20 heavy (non-hydrogen) atoms. The maximum absolute atomic E-state index is 6.36. The molecule has 1 spiro atoms. The Kier molecular flexibility index (Phi) is 3.96. The largest absolute Gasteiger partial charge is 0.489 e. The maximum Gasteiger partial charge on any atom is 0.122 e. The monoisotopic (exact) mass is 293 g/mol. The molecule has 2 unspecified atom stereocenters. The van der Waals surface area contributed by atoms with Crippen molar-refractivity contribution in [2.24, 2.45) is 5.41 Å². The first-order valence-corrected chi connectivity index (χ1v) is 8.13. The molecule has 2 nitrogen and oxygen atoms in total. The van der Waals surface area contributed by atoms with Gasteiger partial charge in [-0.05, 0) is 50.6 Å². The van der Waals surface area contributed by atoms with Crippen LogP contribution in [0.2, 0.25) is 5.02 Å². The van der Waals surface area contributed by atoms with E-state index in [0.29, 0.717) is 17.6 Å². The summed E-state index contributed by atoms with van der Waals surface area (Å²) in [5.74, 6) is 0.999. The van der Waals surface area contributed by atoms with Crippen molar-refractivity contribution < 1.29 is 4.74 Å². The van der Waals surface area contributed by atoms with E-state index >= 15 is 0 Å². The predicted octanol–water partition coefficient (Wildman–Crippen LogP) is 4.34. The summed E-state index contributed by atoms with van der Waals surface area (Å²) in [6.45, 7) is 2.07. The van der Waals surface area contributed by atoms with Crippen molar-refractivity contribution in [2.45, 2.75) is 57.6 Å². The molecule has 1 N–H and O–H groups in total. The molecule has 2 saturated carbocycles. The molecule has 0 radical (unpaired) electrons. The van der Waals surface area contributed by atoms with Gasteiger partial charge in [-0.25, -0.2) is 0 Å². The van der Waals surface area contributed by atoms with Gasteiger partial charge in [-0.15, -0.1) is 0 Å². The zero-order chi connectivity index (χ0) is 14.2. The summed E-state index contributed by atoms with van der Waals surface area (Å²) in [6, 6.07) is 6.55. The Labute approximate surface area is 126 Å². The molecule has 0 amide bonds. The lowest BCUT2D eigenvalue weighted by molar-refractivity contribution is -0.101. The minimum Gasteiger partial charge on any atom is -0.489 e. The third kappa shape index (κ3) is 2.33. The number of halogens is 1. The molecule has 2 atom stereocenters. The van der Waals surface area contributed by atoms with Gasteiger partial charge in [0.05, 0.1) is 0 Å². The average Bonchev–Trinajstić information content (AvgIpc) is 2.45. The highest BCUT2D eigenvalue weighted by Crippen LogP contribution is 2.53. The van der Waals surface area contributed by atoms with Gasteiger partial charge in [0, 0.05) is 22.9 Å². The van der Waals surface area contributed by atoms with Crippen molar-refractivity contribution in [3.8, 4) is 5.75 Å². The van der Waals surface area contributed by atoms with Crippen LogP contribution in [0.4, 0.5) is 0 Å². The molecule has 1 aromatic rings. The molecular formula is C17H24ClNO. The number of hydrogen-bond acceptors (Lipinski definition) is 2. The Balaban J connectivity index is 1.77. The Morgan fingerprint density at radius 3 is 2.65 bits per heavy atom. The van der Waals surface area contributed by atoms with Crippen LogP contribution in [-0.2, 0) is 0 Å². The van der Waals surface area contributed by atoms with E-state index in [-0.39, 0.29) is 0 Å². The van der Waals surface area contributed by atoms with Crippen LogP contribution in [0.1, 0.15) is 44.1 Å². The molecular weight excluding hydrogens is 270 g/mol. The number of hydrogen-bond donors (Lipinski definition) is 1. The van der Waals surface area contributed by atoms with Gasteiger partial charge < -0.3 is 10.1 Å².